The highest BCUT2D eigenvalue weighted by Gasteiger charge is 2.24. The molecule has 0 bridgehead atoms. The number of halogens is 2. The number of nitrogens with one attached hydrogen (secondary N) is 1. The van der Waals surface area contributed by atoms with Gasteiger partial charge < -0.3 is 10.1 Å². The first kappa shape index (κ1) is 19.5. The Hall–Kier alpha value is -2.81. The number of esters is 1. The van der Waals surface area contributed by atoms with Gasteiger partial charge in [-0.25, -0.2) is 22.0 Å². The van der Waals surface area contributed by atoms with Gasteiger partial charge in [-0.2, -0.15) is 0 Å². The lowest BCUT2D eigenvalue weighted by atomic mass is 10.2. The van der Waals surface area contributed by atoms with E-state index in [1.54, 1.807) is 0 Å². The number of amides is 1. The van der Waals surface area contributed by atoms with Gasteiger partial charge in [-0.05, 0) is 31.2 Å². The van der Waals surface area contributed by atoms with Crippen LogP contribution < -0.4 is 5.32 Å². The maximum Gasteiger partial charge on any atom is 0.340 e. The van der Waals surface area contributed by atoms with E-state index in [-0.39, 0.29) is 16.1 Å². The molecular weight excluding hydrogens is 368 g/mol. The lowest BCUT2D eigenvalue weighted by Gasteiger charge is -2.15. The molecule has 0 saturated heterocycles. The third-order valence-electron chi connectivity index (χ3n) is 3.35. The molecule has 2 rings (SSSR count). The minimum Gasteiger partial charge on any atom is -0.449 e. The highest BCUT2D eigenvalue weighted by Crippen LogP contribution is 2.18. The molecule has 0 saturated carbocycles. The Kier molecular flexibility index (Phi) is 5.71. The number of rotatable bonds is 5. The summed E-state index contributed by atoms with van der Waals surface area (Å²) < 4.78 is 54.5. The van der Waals surface area contributed by atoms with Gasteiger partial charge in [-0.3, -0.25) is 4.79 Å². The standard InChI is InChI=1S/C17H15F2NO5S/c1-10(16(21)20-11-7-8-13(18)14(19)9-11)25-17(22)12-5-3-4-6-15(12)26(2,23)24/h3-10H,1-2H3,(H,20,21)/t10-/m0/s1. The molecule has 0 spiro atoms. The molecule has 9 heteroatoms. The van der Waals surface area contributed by atoms with Crippen LogP contribution in [0.1, 0.15) is 17.3 Å². The average Bonchev–Trinajstić information content (AvgIpc) is 2.57. The summed E-state index contributed by atoms with van der Waals surface area (Å²) in [5.41, 5.74) is -0.226. The van der Waals surface area contributed by atoms with Crippen LogP contribution in [-0.2, 0) is 19.4 Å². The molecule has 2 aromatic carbocycles. The van der Waals surface area contributed by atoms with Crippen LogP contribution >= 0.6 is 0 Å². The van der Waals surface area contributed by atoms with E-state index >= 15 is 0 Å². The number of sulfone groups is 1. The molecule has 138 valence electrons. The number of anilines is 1. The van der Waals surface area contributed by atoms with E-state index in [4.69, 9.17) is 4.74 Å². The van der Waals surface area contributed by atoms with Crippen molar-refractivity contribution < 1.29 is 31.5 Å². The molecule has 0 radical (unpaired) electrons. The zero-order valence-corrected chi connectivity index (χ0v) is 14.6. The summed E-state index contributed by atoms with van der Waals surface area (Å²) in [5, 5.41) is 2.27. The maximum atomic E-state index is 13.1. The zero-order valence-electron chi connectivity index (χ0n) is 13.8. The van der Waals surface area contributed by atoms with Crippen LogP contribution in [0.2, 0.25) is 0 Å². The third kappa shape index (κ3) is 4.63. The largest absolute Gasteiger partial charge is 0.449 e. The lowest BCUT2D eigenvalue weighted by Crippen LogP contribution is -2.30. The van der Waals surface area contributed by atoms with Crippen molar-refractivity contribution in [3.63, 3.8) is 0 Å². The summed E-state index contributed by atoms with van der Waals surface area (Å²) in [6.07, 6.45) is -0.360. The van der Waals surface area contributed by atoms with Crippen LogP contribution in [0.25, 0.3) is 0 Å². The Balaban J connectivity index is 2.12. The Morgan fingerprint density at radius 2 is 1.73 bits per heavy atom. The van der Waals surface area contributed by atoms with Gasteiger partial charge in [0.2, 0.25) is 0 Å². The molecule has 1 N–H and O–H groups in total. The summed E-state index contributed by atoms with van der Waals surface area (Å²) in [7, 11) is -3.67. The molecule has 1 atom stereocenters. The number of ether oxygens (including phenoxy) is 1. The van der Waals surface area contributed by atoms with Gasteiger partial charge in [-0.15, -0.1) is 0 Å². The molecule has 0 fully saturated rings. The minimum atomic E-state index is -3.67. The highest BCUT2D eigenvalue weighted by atomic mass is 32.2. The fourth-order valence-corrected chi connectivity index (χ4v) is 2.93. The first-order chi connectivity index (χ1) is 12.1. The fourth-order valence-electron chi connectivity index (χ4n) is 2.05. The molecule has 6 nitrogen and oxygen atoms in total. The number of hydrogen-bond acceptors (Lipinski definition) is 5. The van der Waals surface area contributed by atoms with Crippen LogP contribution in [0.4, 0.5) is 14.5 Å². The van der Waals surface area contributed by atoms with E-state index in [1.807, 2.05) is 0 Å². The summed E-state index contributed by atoms with van der Waals surface area (Å²) in [6, 6.07) is 8.18. The van der Waals surface area contributed by atoms with E-state index < -0.39 is 39.5 Å². The average molecular weight is 383 g/mol. The van der Waals surface area contributed by atoms with E-state index in [1.165, 1.54) is 31.2 Å². The van der Waals surface area contributed by atoms with Crippen molar-refractivity contribution in [2.24, 2.45) is 0 Å². The smallest absolute Gasteiger partial charge is 0.340 e. The molecule has 0 aliphatic carbocycles. The highest BCUT2D eigenvalue weighted by molar-refractivity contribution is 7.90. The Labute approximate surface area is 148 Å². The van der Waals surface area contributed by atoms with Crippen molar-refractivity contribution >= 4 is 27.4 Å². The van der Waals surface area contributed by atoms with Crippen LogP contribution in [-0.4, -0.2) is 32.7 Å². The summed E-state index contributed by atoms with van der Waals surface area (Å²) in [5.74, 6) is -4.01. The summed E-state index contributed by atoms with van der Waals surface area (Å²) in [4.78, 5) is 24.0. The molecule has 0 heterocycles. The molecule has 0 aliphatic rings. The Morgan fingerprint density at radius 1 is 1.08 bits per heavy atom. The monoisotopic (exact) mass is 383 g/mol. The molecule has 26 heavy (non-hydrogen) atoms. The SMILES string of the molecule is C[C@H](OC(=O)c1ccccc1S(C)(=O)=O)C(=O)Nc1ccc(F)c(F)c1. The topological polar surface area (TPSA) is 89.5 Å². The second-order valence-corrected chi connectivity index (χ2v) is 7.42. The van der Waals surface area contributed by atoms with E-state index in [0.717, 1.165) is 24.5 Å². The van der Waals surface area contributed by atoms with Crippen molar-refractivity contribution in [1.29, 1.82) is 0 Å². The third-order valence-corrected chi connectivity index (χ3v) is 4.50. The van der Waals surface area contributed by atoms with Crippen LogP contribution in [0.3, 0.4) is 0 Å². The van der Waals surface area contributed by atoms with Crippen LogP contribution in [0, 0.1) is 11.6 Å². The van der Waals surface area contributed by atoms with Crippen molar-refractivity contribution in [3.8, 4) is 0 Å². The van der Waals surface area contributed by atoms with Crippen LogP contribution in [0.5, 0.6) is 0 Å². The molecular formula is C17H15F2NO5S. The van der Waals surface area contributed by atoms with E-state index in [9.17, 15) is 26.8 Å². The maximum absolute atomic E-state index is 13.1. The predicted molar refractivity (Wildman–Crippen MR) is 89.4 cm³/mol. The van der Waals surface area contributed by atoms with Gasteiger partial charge in [0.05, 0.1) is 10.5 Å². The first-order valence-electron chi connectivity index (χ1n) is 7.35. The number of carbonyl (C=O) groups excluding carboxylic acids is 2. The molecule has 0 aliphatic heterocycles. The zero-order chi connectivity index (χ0) is 19.5. The summed E-state index contributed by atoms with van der Waals surface area (Å²) >= 11 is 0. The van der Waals surface area contributed by atoms with Gasteiger partial charge >= 0.3 is 5.97 Å². The molecule has 0 aromatic heterocycles. The normalized spacial score (nSPS) is 12.3. The van der Waals surface area contributed by atoms with Crippen molar-refractivity contribution in [1.82, 2.24) is 0 Å². The van der Waals surface area contributed by atoms with Crippen molar-refractivity contribution in [3.05, 3.63) is 59.7 Å². The molecule has 2 aromatic rings. The fraction of sp³-hybridized carbons (Fsp3) is 0.176. The minimum absolute atomic E-state index is 0.0201. The second kappa shape index (κ2) is 7.61. The van der Waals surface area contributed by atoms with Gasteiger partial charge in [-0.1, -0.05) is 12.1 Å². The number of carbonyl (C=O) groups is 2. The lowest BCUT2D eigenvalue weighted by molar-refractivity contribution is -0.123. The van der Waals surface area contributed by atoms with Gasteiger partial charge in [0.15, 0.2) is 27.6 Å². The van der Waals surface area contributed by atoms with Gasteiger partial charge in [0.1, 0.15) is 0 Å². The number of benzene rings is 2. The predicted octanol–water partition coefficient (Wildman–Crippen LogP) is 2.55. The quantitative estimate of drug-likeness (QED) is 0.802. The van der Waals surface area contributed by atoms with Gasteiger partial charge in [0.25, 0.3) is 5.91 Å². The summed E-state index contributed by atoms with van der Waals surface area (Å²) in [6.45, 7) is 1.26. The molecule has 0 unspecified atom stereocenters. The van der Waals surface area contributed by atoms with E-state index in [2.05, 4.69) is 5.32 Å². The van der Waals surface area contributed by atoms with Crippen molar-refractivity contribution in [2.75, 3.05) is 11.6 Å². The molecule has 1 amide bonds. The Bertz CT molecular complexity index is 959. The van der Waals surface area contributed by atoms with Crippen LogP contribution in [0.15, 0.2) is 47.4 Å². The second-order valence-electron chi connectivity index (χ2n) is 5.43. The Morgan fingerprint density at radius 3 is 2.35 bits per heavy atom. The van der Waals surface area contributed by atoms with Crippen molar-refractivity contribution in [2.45, 2.75) is 17.9 Å². The first-order valence-corrected chi connectivity index (χ1v) is 9.24. The van der Waals surface area contributed by atoms with E-state index in [0.29, 0.717) is 0 Å². The van der Waals surface area contributed by atoms with Gasteiger partial charge in [0, 0.05) is 18.0 Å². The number of hydrogen-bond donors (Lipinski definition) is 1.